The van der Waals surface area contributed by atoms with Gasteiger partial charge in [0.25, 0.3) is 0 Å². The van der Waals surface area contributed by atoms with Crippen LogP contribution in [-0.2, 0) is 0 Å². The number of halogens is 1. The molecule has 0 aliphatic carbocycles. The average molecular weight is 285 g/mol. The van der Waals surface area contributed by atoms with E-state index in [0.717, 1.165) is 17.9 Å². The quantitative estimate of drug-likeness (QED) is 0.907. The number of nitrogens with one attached hydrogen (secondary N) is 1. The molecule has 1 nitrogen and oxygen atoms in total. The molecule has 0 radical (unpaired) electrons. The Balaban J connectivity index is 2.24. The molecule has 0 aromatic heterocycles. The van der Waals surface area contributed by atoms with Crippen molar-refractivity contribution in [2.45, 2.75) is 25.1 Å². The van der Waals surface area contributed by atoms with Gasteiger partial charge in [-0.2, -0.15) is 23.5 Å². The van der Waals surface area contributed by atoms with Gasteiger partial charge in [-0.1, -0.05) is 13.0 Å². The fraction of sp³-hybridized carbons (Fsp3) is 0.571. The van der Waals surface area contributed by atoms with Gasteiger partial charge in [-0.15, -0.1) is 0 Å². The van der Waals surface area contributed by atoms with Gasteiger partial charge in [0.15, 0.2) is 0 Å². The van der Waals surface area contributed by atoms with E-state index in [9.17, 15) is 4.39 Å². The molecule has 1 aliphatic rings. The molecule has 0 saturated carbocycles. The van der Waals surface area contributed by atoms with Crippen molar-refractivity contribution >= 4 is 23.5 Å². The zero-order valence-corrected chi connectivity index (χ0v) is 12.5. The van der Waals surface area contributed by atoms with Crippen molar-refractivity contribution in [3.63, 3.8) is 0 Å². The highest BCUT2D eigenvalue weighted by atomic mass is 32.2. The molecular formula is C14H20FNS2. The van der Waals surface area contributed by atoms with Gasteiger partial charge in [0.05, 0.1) is 0 Å². The highest BCUT2D eigenvalue weighted by Crippen LogP contribution is 2.34. The zero-order chi connectivity index (χ0) is 13.0. The second kappa shape index (κ2) is 6.83. The first-order valence-electron chi connectivity index (χ1n) is 6.41. The molecule has 1 aromatic rings. The number of rotatable bonds is 4. The van der Waals surface area contributed by atoms with Crippen LogP contribution in [0.3, 0.4) is 0 Å². The second-order valence-electron chi connectivity index (χ2n) is 4.52. The van der Waals surface area contributed by atoms with Crippen LogP contribution in [0.4, 0.5) is 4.39 Å². The fourth-order valence-electron chi connectivity index (χ4n) is 2.31. The van der Waals surface area contributed by atoms with Crippen LogP contribution in [-0.4, -0.2) is 29.1 Å². The third kappa shape index (κ3) is 3.43. The summed E-state index contributed by atoms with van der Waals surface area (Å²) >= 11 is 4.02. The Morgan fingerprint density at radius 1 is 1.44 bits per heavy atom. The van der Waals surface area contributed by atoms with Gasteiger partial charge in [0, 0.05) is 28.6 Å². The minimum atomic E-state index is -0.132. The van der Waals surface area contributed by atoms with Crippen LogP contribution in [0, 0.1) is 12.7 Å². The van der Waals surface area contributed by atoms with E-state index in [-0.39, 0.29) is 11.9 Å². The summed E-state index contributed by atoms with van der Waals surface area (Å²) < 4.78 is 13.5. The predicted octanol–water partition coefficient (Wildman–Crippen LogP) is 3.63. The summed E-state index contributed by atoms with van der Waals surface area (Å²) in [5.74, 6) is 3.46. The third-order valence-corrected chi connectivity index (χ3v) is 6.08. The number of aryl methyl sites for hydroxylation is 1. The summed E-state index contributed by atoms with van der Waals surface area (Å²) in [6.45, 7) is 5.10. The van der Waals surface area contributed by atoms with Crippen molar-refractivity contribution < 1.29 is 4.39 Å². The van der Waals surface area contributed by atoms with Crippen LogP contribution < -0.4 is 5.32 Å². The zero-order valence-electron chi connectivity index (χ0n) is 10.9. The van der Waals surface area contributed by atoms with Gasteiger partial charge >= 0.3 is 0 Å². The fourth-order valence-corrected chi connectivity index (χ4v) is 5.17. The van der Waals surface area contributed by atoms with Crippen molar-refractivity contribution in [1.29, 1.82) is 0 Å². The SMILES string of the molecule is CCNC(c1cc(F)ccc1C)C1CSCCS1. The predicted molar refractivity (Wildman–Crippen MR) is 81.1 cm³/mol. The monoisotopic (exact) mass is 285 g/mol. The molecule has 100 valence electrons. The maximum Gasteiger partial charge on any atom is 0.123 e. The van der Waals surface area contributed by atoms with Crippen LogP contribution in [0.2, 0.25) is 0 Å². The summed E-state index contributed by atoms with van der Waals surface area (Å²) in [5.41, 5.74) is 2.30. The lowest BCUT2D eigenvalue weighted by Gasteiger charge is -2.31. The van der Waals surface area contributed by atoms with Gasteiger partial charge in [0.1, 0.15) is 5.82 Å². The van der Waals surface area contributed by atoms with Crippen LogP contribution in [0.5, 0.6) is 0 Å². The Morgan fingerprint density at radius 3 is 2.94 bits per heavy atom. The van der Waals surface area contributed by atoms with Crippen LogP contribution in [0.15, 0.2) is 18.2 Å². The molecule has 1 aliphatic heterocycles. The molecule has 0 spiro atoms. The van der Waals surface area contributed by atoms with Crippen molar-refractivity contribution in [3.8, 4) is 0 Å². The summed E-state index contributed by atoms with van der Waals surface area (Å²) in [6.07, 6.45) is 0. The Bertz CT molecular complexity index is 391. The average Bonchev–Trinajstić information content (AvgIpc) is 2.40. The molecule has 1 heterocycles. The van der Waals surface area contributed by atoms with E-state index in [1.54, 1.807) is 12.1 Å². The van der Waals surface area contributed by atoms with Gasteiger partial charge in [-0.05, 0) is 36.7 Å². The highest BCUT2D eigenvalue weighted by Gasteiger charge is 2.26. The highest BCUT2D eigenvalue weighted by molar-refractivity contribution is 8.06. The lowest BCUT2D eigenvalue weighted by atomic mass is 9.98. The molecule has 4 heteroatoms. The van der Waals surface area contributed by atoms with Crippen molar-refractivity contribution in [1.82, 2.24) is 5.32 Å². The van der Waals surface area contributed by atoms with Gasteiger partial charge < -0.3 is 5.32 Å². The maximum absolute atomic E-state index is 13.5. The van der Waals surface area contributed by atoms with E-state index in [4.69, 9.17) is 0 Å². The Hall–Kier alpha value is -0.190. The van der Waals surface area contributed by atoms with Crippen LogP contribution >= 0.6 is 23.5 Å². The number of thioether (sulfide) groups is 2. The number of benzene rings is 1. The van der Waals surface area contributed by atoms with Crippen molar-refractivity contribution in [3.05, 3.63) is 35.1 Å². The van der Waals surface area contributed by atoms with Crippen LogP contribution in [0.1, 0.15) is 24.1 Å². The van der Waals surface area contributed by atoms with E-state index in [1.807, 2.05) is 29.6 Å². The number of hydrogen-bond acceptors (Lipinski definition) is 3. The molecule has 18 heavy (non-hydrogen) atoms. The molecule has 1 saturated heterocycles. The first-order valence-corrected chi connectivity index (χ1v) is 8.61. The van der Waals surface area contributed by atoms with Gasteiger partial charge in [-0.3, -0.25) is 0 Å². The molecule has 1 fully saturated rings. The van der Waals surface area contributed by atoms with Crippen molar-refractivity contribution in [2.24, 2.45) is 0 Å². The Kier molecular flexibility index (Phi) is 5.39. The summed E-state index contributed by atoms with van der Waals surface area (Å²) in [6, 6.07) is 5.39. The molecule has 0 bridgehead atoms. The molecule has 1 N–H and O–H groups in total. The van der Waals surface area contributed by atoms with E-state index >= 15 is 0 Å². The Morgan fingerprint density at radius 2 is 2.28 bits per heavy atom. The summed E-state index contributed by atoms with van der Waals surface area (Å²) in [4.78, 5) is 0. The van der Waals surface area contributed by atoms with E-state index < -0.39 is 0 Å². The summed E-state index contributed by atoms with van der Waals surface area (Å²) in [7, 11) is 0. The molecule has 2 rings (SSSR count). The molecular weight excluding hydrogens is 265 g/mol. The minimum absolute atomic E-state index is 0.132. The molecule has 2 atom stereocenters. The minimum Gasteiger partial charge on any atom is -0.309 e. The van der Waals surface area contributed by atoms with Crippen LogP contribution in [0.25, 0.3) is 0 Å². The summed E-state index contributed by atoms with van der Waals surface area (Å²) in [5, 5.41) is 4.08. The lowest BCUT2D eigenvalue weighted by Crippen LogP contribution is -2.34. The van der Waals surface area contributed by atoms with E-state index in [1.165, 1.54) is 17.1 Å². The topological polar surface area (TPSA) is 12.0 Å². The standard InChI is InChI=1S/C14H20FNS2/c1-3-16-14(13-9-17-6-7-18-13)12-8-11(15)5-4-10(12)2/h4-5,8,13-14,16H,3,6-7,9H2,1-2H3. The first kappa shape index (κ1) is 14.2. The Labute approximate surface area is 117 Å². The third-order valence-electron chi connectivity index (χ3n) is 3.21. The first-order chi connectivity index (χ1) is 8.72. The van der Waals surface area contributed by atoms with Crippen molar-refractivity contribution in [2.75, 3.05) is 23.8 Å². The van der Waals surface area contributed by atoms with E-state index in [2.05, 4.69) is 19.2 Å². The lowest BCUT2D eigenvalue weighted by molar-refractivity contribution is 0.541. The maximum atomic E-state index is 13.5. The van der Waals surface area contributed by atoms with Gasteiger partial charge in [0.2, 0.25) is 0 Å². The van der Waals surface area contributed by atoms with Gasteiger partial charge in [-0.25, -0.2) is 4.39 Å². The smallest absolute Gasteiger partial charge is 0.123 e. The number of hydrogen-bond donors (Lipinski definition) is 1. The molecule has 0 amide bonds. The molecule has 1 aromatic carbocycles. The normalized spacial score (nSPS) is 21.8. The molecule has 2 unspecified atom stereocenters. The second-order valence-corrected chi connectivity index (χ2v) is 7.02. The van der Waals surface area contributed by atoms with E-state index in [0.29, 0.717) is 5.25 Å². The largest absolute Gasteiger partial charge is 0.309 e.